The van der Waals surface area contributed by atoms with Crippen LogP contribution in [0.5, 0.6) is 5.75 Å². The van der Waals surface area contributed by atoms with Crippen molar-refractivity contribution in [3.05, 3.63) is 70.8 Å². The Morgan fingerprint density at radius 3 is 2.45 bits per heavy atom. The molecular formula is C19H19ClO2. The Morgan fingerprint density at radius 2 is 1.82 bits per heavy atom. The van der Waals surface area contributed by atoms with Gasteiger partial charge in [0.25, 0.3) is 0 Å². The van der Waals surface area contributed by atoms with Crippen molar-refractivity contribution < 1.29 is 9.53 Å². The van der Waals surface area contributed by atoms with Gasteiger partial charge in [0.1, 0.15) is 12.0 Å². The minimum absolute atomic E-state index is 0.597. The van der Waals surface area contributed by atoms with Crippen LogP contribution in [0.3, 0.4) is 0 Å². The first kappa shape index (κ1) is 16.3. The standard InChI is InChI=1S/C19H19ClO2/c1-19(14-21,17-7-3-4-8-18(17)22-2)13-5-6-15-9-11-16(20)12-10-15/h3-12,14H,13H2,1-2H3/b6-5+/t19-/m1/s1. The summed E-state index contributed by atoms with van der Waals surface area (Å²) in [5.74, 6) is 0.733. The molecule has 1 atom stereocenters. The maximum atomic E-state index is 11.7. The summed E-state index contributed by atoms with van der Waals surface area (Å²) < 4.78 is 5.37. The first-order chi connectivity index (χ1) is 10.6. The van der Waals surface area contributed by atoms with Crippen LogP contribution in [0.4, 0.5) is 0 Å². The molecule has 0 aliphatic heterocycles. The number of para-hydroxylation sites is 1. The summed E-state index contributed by atoms with van der Waals surface area (Å²) in [5, 5.41) is 0.712. The molecule has 0 bridgehead atoms. The number of halogens is 1. The van der Waals surface area contributed by atoms with Crippen LogP contribution in [-0.2, 0) is 10.2 Å². The number of rotatable bonds is 6. The van der Waals surface area contributed by atoms with Gasteiger partial charge in [-0.05, 0) is 37.1 Å². The Balaban J connectivity index is 2.20. The normalized spacial score (nSPS) is 13.8. The molecule has 0 unspecified atom stereocenters. The second kappa shape index (κ2) is 7.28. The summed E-state index contributed by atoms with van der Waals surface area (Å²) in [6, 6.07) is 15.2. The second-order valence-electron chi connectivity index (χ2n) is 5.39. The van der Waals surface area contributed by atoms with E-state index in [2.05, 4.69) is 0 Å². The predicted octanol–water partition coefficient (Wildman–Crippen LogP) is 4.91. The molecule has 0 fully saturated rings. The third-order valence-electron chi connectivity index (χ3n) is 3.70. The van der Waals surface area contributed by atoms with E-state index >= 15 is 0 Å². The molecule has 3 heteroatoms. The smallest absolute Gasteiger partial charge is 0.130 e. The average Bonchev–Trinajstić information content (AvgIpc) is 2.56. The molecule has 0 saturated heterocycles. The van der Waals surface area contributed by atoms with Crippen LogP contribution < -0.4 is 4.74 Å². The first-order valence-electron chi connectivity index (χ1n) is 7.11. The molecule has 2 rings (SSSR count). The van der Waals surface area contributed by atoms with E-state index in [4.69, 9.17) is 16.3 Å². The second-order valence-corrected chi connectivity index (χ2v) is 5.83. The quantitative estimate of drug-likeness (QED) is 0.708. The Labute approximate surface area is 136 Å². The van der Waals surface area contributed by atoms with Crippen molar-refractivity contribution in [3.8, 4) is 5.75 Å². The molecule has 0 spiro atoms. The zero-order valence-corrected chi connectivity index (χ0v) is 13.5. The highest BCUT2D eigenvalue weighted by Crippen LogP contribution is 2.33. The highest BCUT2D eigenvalue weighted by molar-refractivity contribution is 6.30. The average molecular weight is 315 g/mol. The number of carbonyl (C=O) groups excluding carboxylic acids is 1. The van der Waals surface area contributed by atoms with Crippen LogP contribution in [0.1, 0.15) is 24.5 Å². The van der Waals surface area contributed by atoms with Crippen LogP contribution >= 0.6 is 11.6 Å². The Hall–Kier alpha value is -2.06. The number of methoxy groups -OCH3 is 1. The van der Waals surface area contributed by atoms with Gasteiger partial charge in [0, 0.05) is 10.6 Å². The molecule has 0 N–H and O–H groups in total. The summed E-state index contributed by atoms with van der Waals surface area (Å²) >= 11 is 5.87. The molecule has 2 nitrogen and oxygen atoms in total. The van der Waals surface area contributed by atoms with Crippen LogP contribution in [0.15, 0.2) is 54.6 Å². The molecule has 0 radical (unpaired) electrons. The monoisotopic (exact) mass is 314 g/mol. The Bertz CT molecular complexity index is 661. The summed E-state index contributed by atoms with van der Waals surface area (Å²) in [6.07, 6.45) is 5.58. The SMILES string of the molecule is COc1ccccc1[C@@](C)(C=O)C/C=C/c1ccc(Cl)cc1. The number of ether oxygens (including phenoxy) is 1. The number of carbonyl (C=O) groups is 1. The number of allylic oxidation sites excluding steroid dienone is 1. The zero-order chi connectivity index (χ0) is 16.0. The molecule has 2 aromatic carbocycles. The van der Waals surface area contributed by atoms with Crippen molar-refractivity contribution in [1.29, 1.82) is 0 Å². The minimum Gasteiger partial charge on any atom is -0.496 e. The lowest BCUT2D eigenvalue weighted by Crippen LogP contribution is -2.23. The van der Waals surface area contributed by atoms with Crippen molar-refractivity contribution in [2.75, 3.05) is 7.11 Å². The van der Waals surface area contributed by atoms with Gasteiger partial charge in [0.15, 0.2) is 0 Å². The molecule has 0 aliphatic carbocycles. The zero-order valence-electron chi connectivity index (χ0n) is 12.8. The Morgan fingerprint density at radius 1 is 1.14 bits per heavy atom. The van der Waals surface area contributed by atoms with Gasteiger partial charge in [-0.1, -0.05) is 54.1 Å². The van der Waals surface area contributed by atoms with Crippen molar-refractivity contribution in [3.63, 3.8) is 0 Å². The van der Waals surface area contributed by atoms with Crippen LogP contribution in [0.25, 0.3) is 6.08 Å². The highest BCUT2D eigenvalue weighted by Gasteiger charge is 2.27. The van der Waals surface area contributed by atoms with E-state index in [-0.39, 0.29) is 0 Å². The van der Waals surface area contributed by atoms with Crippen LogP contribution in [0, 0.1) is 0 Å². The van der Waals surface area contributed by atoms with E-state index < -0.39 is 5.41 Å². The Kier molecular flexibility index (Phi) is 5.40. The summed E-state index contributed by atoms with van der Waals surface area (Å²) in [5.41, 5.74) is 1.33. The fourth-order valence-corrected chi connectivity index (χ4v) is 2.48. The van der Waals surface area contributed by atoms with E-state index in [9.17, 15) is 4.79 Å². The van der Waals surface area contributed by atoms with E-state index in [1.54, 1.807) is 7.11 Å². The topological polar surface area (TPSA) is 26.3 Å². The van der Waals surface area contributed by atoms with Gasteiger partial charge in [-0.2, -0.15) is 0 Å². The van der Waals surface area contributed by atoms with Crippen molar-refractivity contribution in [2.45, 2.75) is 18.8 Å². The summed E-state index contributed by atoms with van der Waals surface area (Å²) in [7, 11) is 1.62. The van der Waals surface area contributed by atoms with Crippen molar-refractivity contribution in [2.24, 2.45) is 0 Å². The van der Waals surface area contributed by atoms with E-state index in [0.717, 1.165) is 23.2 Å². The molecule has 0 heterocycles. The van der Waals surface area contributed by atoms with Gasteiger partial charge >= 0.3 is 0 Å². The van der Waals surface area contributed by atoms with Gasteiger partial charge in [-0.25, -0.2) is 0 Å². The molecule has 0 aromatic heterocycles. The van der Waals surface area contributed by atoms with Crippen molar-refractivity contribution in [1.82, 2.24) is 0 Å². The molecule has 0 amide bonds. The lowest BCUT2D eigenvalue weighted by Gasteiger charge is -2.24. The maximum Gasteiger partial charge on any atom is 0.130 e. The minimum atomic E-state index is -0.616. The summed E-state index contributed by atoms with van der Waals surface area (Å²) in [4.78, 5) is 11.7. The van der Waals surface area contributed by atoms with E-state index in [1.165, 1.54) is 0 Å². The molecule has 22 heavy (non-hydrogen) atoms. The molecule has 2 aromatic rings. The number of hydrogen-bond donors (Lipinski definition) is 0. The fourth-order valence-electron chi connectivity index (χ4n) is 2.35. The van der Waals surface area contributed by atoms with Crippen molar-refractivity contribution >= 4 is 24.0 Å². The van der Waals surface area contributed by atoms with Crippen LogP contribution in [0.2, 0.25) is 5.02 Å². The van der Waals surface area contributed by atoms with Crippen LogP contribution in [-0.4, -0.2) is 13.4 Å². The fraction of sp³-hybridized carbons (Fsp3) is 0.211. The third-order valence-corrected chi connectivity index (χ3v) is 3.96. The molecule has 114 valence electrons. The number of aldehydes is 1. The maximum absolute atomic E-state index is 11.7. The number of benzene rings is 2. The molecule has 0 aliphatic rings. The van der Waals surface area contributed by atoms with Gasteiger partial charge in [-0.3, -0.25) is 0 Å². The van der Waals surface area contributed by atoms with E-state index in [1.807, 2.05) is 67.6 Å². The van der Waals surface area contributed by atoms with Gasteiger partial charge in [-0.15, -0.1) is 0 Å². The van der Waals surface area contributed by atoms with Gasteiger partial charge < -0.3 is 9.53 Å². The largest absolute Gasteiger partial charge is 0.496 e. The lowest BCUT2D eigenvalue weighted by molar-refractivity contribution is -0.112. The predicted molar refractivity (Wildman–Crippen MR) is 91.5 cm³/mol. The molecular weight excluding hydrogens is 296 g/mol. The highest BCUT2D eigenvalue weighted by atomic mass is 35.5. The van der Waals surface area contributed by atoms with E-state index in [0.29, 0.717) is 11.4 Å². The number of hydrogen-bond acceptors (Lipinski definition) is 2. The summed E-state index contributed by atoms with van der Waals surface area (Å²) in [6.45, 7) is 1.92. The first-order valence-corrected chi connectivity index (χ1v) is 7.49. The molecule has 0 saturated carbocycles. The van der Waals surface area contributed by atoms with Gasteiger partial charge in [0.05, 0.1) is 12.5 Å². The third kappa shape index (κ3) is 3.77. The van der Waals surface area contributed by atoms with Gasteiger partial charge in [0.2, 0.25) is 0 Å². The lowest BCUT2D eigenvalue weighted by atomic mass is 9.80.